The van der Waals surface area contributed by atoms with Gasteiger partial charge < -0.3 is 9.84 Å². The summed E-state index contributed by atoms with van der Waals surface area (Å²) in [6.45, 7) is 2.17. The lowest BCUT2D eigenvalue weighted by atomic mass is 10.2. The SMILES string of the molecule is CCCCOC(=O)c1c(F)ccc(Br)c1O. The van der Waals surface area contributed by atoms with Crippen molar-refractivity contribution in [2.45, 2.75) is 19.8 Å². The standard InChI is InChI=1S/C11H12BrFO3/c1-2-3-6-16-11(15)9-8(13)5-4-7(12)10(9)14/h4-5,14H,2-3,6H2,1H3. The number of hydrogen-bond acceptors (Lipinski definition) is 3. The van der Waals surface area contributed by atoms with Crippen LogP contribution in [0, 0.1) is 5.82 Å². The van der Waals surface area contributed by atoms with Crippen LogP contribution in [-0.4, -0.2) is 17.7 Å². The van der Waals surface area contributed by atoms with Crippen LogP contribution < -0.4 is 0 Å². The summed E-state index contributed by atoms with van der Waals surface area (Å²) in [5, 5.41) is 9.52. The van der Waals surface area contributed by atoms with E-state index in [0.717, 1.165) is 12.5 Å². The summed E-state index contributed by atoms with van der Waals surface area (Å²) in [6.07, 6.45) is 1.59. The molecule has 1 aromatic carbocycles. The van der Waals surface area contributed by atoms with Gasteiger partial charge in [-0.1, -0.05) is 13.3 Å². The summed E-state index contributed by atoms with van der Waals surface area (Å²) in [5.41, 5.74) is -0.425. The van der Waals surface area contributed by atoms with Crippen LogP contribution >= 0.6 is 15.9 Å². The fraction of sp³-hybridized carbons (Fsp3) is 0.364. The second kappa shape index (κ2) is 5.84. The number of benzene rings is 1. The second-order valence-electron chi connectivity index (χ2n) is 3.24. The maximum absolute atomic E-state index is 13.3. The number of carbonyl (C=O) groups is 1. The number of phenols is 1. The Labute approximate surface area is 101 Å². The highest BCUT2D eigenvalue weighted by Gasteiger charge is 2.20. The Morgan fingerprint density at radius 2 is 2.25 bits per heavy atom. The smallest absolute Gasteiger partial charge is 0.344 e. The molecule has 0 saturated carbocycles. The van der Waals surface area contributed by atoms with Crippen LogP contribution in [-0.2, 0) is 4.74 Å². The molecule has 0 aliphatic heterocycles. The molecule has 1 aromatic rings. The number of carbonyl (C=O) groups excluding carboxylic acids is 1. The van der Waals surface area contributed by atoms with E-state index in [-0.39, 0.29) is 11.1 Å². The molecular weight excluding hydrogens is 279 g/mol. The Bertz CT molecular complexity index is 393. The van der Waals surface area contributed by atoms with Crippen LogP contribution in [0.4, 0.5) is 4.39 Å². The Balaban J connectivity index is 2.86. The zero-order chi connectivity index (χ0) is 12.1. The van der Waals surface area contributed by atoms with E-state index in [1.54, 1.807) is 0 Å². The van der Waals surface area contributed by atoms with Gasteiger partial charge in [0.05, 0.1) is 11.1 Å². The molecule has 0 bridgehead atoms. The highest BCUT2D eigenvalue weighted by molar-refractivity contribution is 9.10. The third kappa shape index (κ3) is 2.95. The first-order valence-electron chi connectivity index (χ1n) is 4.92. The first kappa shape index (κ1) is 13.0. The largest absolute Gasteiger partial charge is 0.506 e. The van der Waals surface area contributed by atoms with Gasteiger partial charge in [0.2, 0.25) is 0 Å². The number of halogens is 2. The number of rotatable bonds is 4. The van der Waals surface area contributed by atoms with Crippen molar-refractivity contribution in [2.75, 3.05) is 6.61 Å². The molecule has 0 heterocycles. The Morgan fingerprint density at radius 3 is 2.88 bits per heavy atom. The fourth-order valence-electron chi connectivity index (χ4n) is 1.12. The molecule has 3 nitrogen and oxygen atoms in total. The van der Waals surface area contributed by atoms with Gasteiger partial charge in [-0.05, 0) is 34.5 Å². The monoisotopic (exact) mass is 290 g/mol. The van der Waals surface area contributed by atoms with Gasteiger partial charge in [0.15, 0.2) is 0 Å². The predicted molar refractivity (Wildman–Crippen MR) is 61.0 cm³/mol. The Morgan fingerprint density at radius 1 is 1.56 bits per heavy atom. The number of unbranched alkanes of at least 4 members (excludes halogenated alkanes) is 1. The molecule has 0 unspecified atom stereocenters. The van der Waals surface area contributed by atoms with E-state index >= 15 is 0 Å². The van der Waals surface area contributed by atoms with E-state index in [4.69, 9.17) is 4.74 Å². The highest BCUT2D eigenvalue weighted by Crippen LogP contribution is 2.30. The number of hydrogen-bond donors (Lipinski definition) is 1. The molecule has 0 amide bonds. The molecule has 0 aliphatic rings. The maximum atomic E-state index is 13.3. The van der Waals surface area contributed by atoms with Gasteiger partial charge in [-0.3, -0.25) is 0 Å². The number of phenolic OH excluding ortho intramolecular Hbond substituents is 1. The van der Waals surface area contributed by atoms with Gasteiger partial charge in [-0.25, -0.2) is 9.18 Å². The number of ether oxygens (including phenoxy) is 1. The van der Waals surface area contributed by atoms with Crippen LogP contribution in [0.15, 0.2) is 16.6 Å². The molecule has 0 fully saturated rings. The van der Waals surface area contributed by atoms with Crippen molar-refractivity contribution in [3.8, 4) is 5.75 Å². The number of aromatic hydroxyl groups is 1. The highest BCUT2D eigenvalue weighted by atomic mass is 79.9. The quantitative estimate of drug-likeness (QED) is 0.684. The van der Waals surface area contributed by atoms with E-state index in [0.29, 0.717) is 6.42 Å². The molecule has 16 heavy (non-hydrogen) atoms. The lowest BCUT2D eigenvalue weighted by Crippen LogP contribution is -2.09. The van der Waals surface area contributed by atoms with Crippen molar-refractivity contribution in [3.63, 3.8) is 0 Å². The van der Waals surface area contributed by atoms with Crippen LogP contribution in [0.3, 0.4) is 0 Å². The summed E-state index contributed by atoms with van der Waals surface area (Å²) in [4.78, 5) is 11.5. The minimum absolute atomic E-state index is 0.223. The third-order valence-electron chi connectivity index (χ3n) is 2.01. The normalized spacial score (nSPS) is 10.2. The summed E-state index contributed by atoms with van der Waals surface area (Å²) >= 11 is 3.01. The fourth-order valence-corrected chi connectivity index (χ4v) is 1.45. The Hall–Kier alpha value is -1.10. The molecule has 1 rings (SSSR count). The number of esters is 1. The van der Waals surface area contributed by atoms with Gasteiger partial charge >= 0.3 is 5.97 Å². The van der Waals surface area contributed by atoms with Crippen molar-refractivity contribution < 1.29 is 19.0 Å². The summed E-state index contributed by atoms with van der Waals surface area (Å²) in [6, 6.07) is 2.42. The lowest BCUT2D eigenvalue weighted by Gasteiger charge is -2.07. The van der Waals surface area contributed by atoms with E-state index in [1.807, 2.05) is 6.92 Å². The van der Waals surface area contributed by atoms with Crippen LogP contribution in [0.1, 0.15) is 30.1 Å². The summed E-state index contributed by atoms with van der Waals surface area (Å²) in [5.74, 6) is -2.06. The zero-order valence-corrected chi connectivity index (χ0v) is 10.4. The molecule has 0 aliphatic carbocycles. The molecule has 0 radical (unpaired) electrons. The van der Waals surface area contributed by atoms with Crippen LogP contribution in [0.5, 0.6) is 5.75 Å². The molecule has 88 valence electrons. The molecule has 0 aromatic heterocycles. The van der Waals surface area contributed by atoms with Crippen molar-refractivity contribution in [3.05, 3.63) is 28.0 Å². The predicted octanol–water partition coefficient (Wildman–Crippen LogP) is 3.25. The van der Waals surface area contributed by atoms with Crippen molar-refractivity contribution in [1.82, 2.24) is 0 Å². The molecule has 0 atom stereocenters. The van der Waals surface area contributed by atoms with Gasteiger partial charge in [-0.15, -0.1) is 0 Å². The molecule has 0 saturated heterocycles. The zero-order valence-electron chi connectivity index (χ0n) is 8.80. The van der Waals surface area contributed by atoms with Crippen molar-refractivity contribution in [2.24, 2.45) is 0 Å². The second-order valence-corrected chi connectivity index (χ2v) is 4.10. The minimum atomic E-state index is -0.843. The van der Waals surface area contributed by atoms with E-state index in [9.17, 15) is 14.3 Å². The molecule has 5 heteroatoms. The molecule has 0 spiro atoms. The van der Waals surface area contributed by atoms with E-state index < -0.39 is 23.1 Å². The first-order chi connectivity index (χ1) is 7.57. The van der Waals surface area contributed by atoms with Crippen molar-refractivity contribution >= 4 is 21.9 Å². The summed E-state index contributed by atoms with van der Waals surface area (Å²) in [7, 11) is 0. The average molecular weight is 291 g/mol. The van der Waals surface area contributed by atoms with Gasteiger partial charge in [0, 0.05) is 0 Å². The average Bonchev–Trinajstić information content (AvgIpc) is 2.24. The van der Waals surface area contributed by atoms with Crippen LogP contribution in [0.2, 0.25) is 0 Å². The first-order valence-corrected chi connectivity index (χ1v) is 5.71. The lowest BCUT2D eigenvalue weighted by molar-refractivity contribution is 0.0490. The Kier molecular flexibility index (Phi) is 4.73. The maximum Gasteiger partial charge on any atom is 0.344 e. The topological polar surface area (TPSA) is 46.5 Å². The summed E-state index contributed by atoms with van der Waals surface area (Å²) < 4.78 is 18.4. The van der Waals surface area contributed by atoms with Gasteiger partial charge in [0.1, 0.15) is 17.1 Å². The van der Waals surface area contributed by atoms with E-state index in [2.05, 4.69) is 15.9 Å². The van der Waals surface area contributed by atoms with Gasteiger partial charge in [-0.2, -0.15) is 0 Å². The van der Waals surface area contributed by atoms with Gasteiger partial charge in [0.25, 0.3) is 0 Å². The molecule has 1 N–H and O–H groups in total. The minimum Gasteiger partial charge on any atom is -0.506 e. The molecular formula is C11H12BrFO3. The van der Waals surface area contributed by atoms with E-state index in [1.165, 1.54) is 6.07 Å². The van der Waals surface area contributed by atoms with Crippen LogP contribution in [0.25, 0.3) is 0 Å². The third-order valence-corrected chi connectivity index (χ3v) is 2.65. The van der Waals surface area contributed by atoms with Crippen molar-refractivity contribution in [1.29, 1.82) is 0 Å².